The van der Waals surface area contributed by atoms with Crippen LogP contribution in [0.1, 0.15) is 6.92 Å². The summed E-state index contributed by atoms with van der Waals surface area (Å²) in [7, 11) is 0. The predicted octanol–water partition coefficient (Wildman–Crippen LogP) is 1.28. The molecule has 0 radical (unpaired) electrons. The fourth-order valence-electron chi connectivity index (χ4n) is 1.41. The summed E-state index contributed by atoms with van der Waals surface area (Å²) in [6, 6.07) is 2.65. The number of pyridine rings is 1. The molecule has 0 fully saturated rings. The van der Waals surface area contributed by atoms with Crippen molar-refractivity contribution in [1.29, 1.82) is 0 Å². The highest BCUT2D eigenvalue weighted by atomic mass is 16.6. The molecule has 0 aromatic carbocycles. The van der Waals surface area contributed by atoms with Crippen molar-refractivity contribution in [2.45, 2.75) is 13.5 Å². The standard InChI is InChI=1S/C10H12N6O3/c1-2-15-6-7(5-12-15)19-10-8(16(17)18)3-4-9(13-10)14-11/h3-6H,2,11H2,1H3,(H,13,14). The van der Waals surface area contributed by atoms with E-state index in [0.29, 0.717) is 12.3 Å². The van der Waals surface area contributed by atoms with Gasteiger partial charge in [0.05, 0.1) is 17.3 Å². The monoisotopic (exact) mass is 264 g/mol. The lowest BCUT2D eigenvalue weighted by Crippen LogP contribution is -2.09. The van der Waals surface area contributed by atoms with E-state index in [1.807, 2.05) is 6.92 Å². The van der Waals surface area contributed by atoms with Crippen molar-refractivity contribution in [2.24, 2.45) is 5.84 Å². The minimum absolute atomic E-state index is 0.142. The molecule has 0 amide bonds. The van der Waals surface area contributed by atoms with Gasteiger partial charge in [-0.25, -0.2) is 5.84 Å². The zero-order valence-corrected chi connectivity index (χ0v) is 10.1. The van der Waals surface area contributed by atoms with E-state index in [2.05, 4.69) is 15.5 Å². The molecule has 2 aromatic heterocycles. The minimum atomic E-state index is -0.577. The lowest BCUT2D eigenvalue weighted by atomic mass is 10.4. The van der Waals surface area contributed by atoms with Crippen LogP contribution in [-0.4, -0.2) is 19.7 Å². The quantitative estimate of drug-likeness (QED) is 0.474. The summed E-state index contributed by atoms with van der Waals surface area (Å²) >= 11 is 0. The number of hydrazine groups is 1. The van der Waals surface area contributed by atoms with Crippen molar-refractivity contribution in [3.63, 3.8) is 0 Å². The number of hydrogen-bond acceptors (Lipinski definition) is 7. The number of anilines is 1. The lowest BCUT2D eigenvalue weighted by molar-refractivity contribution is -0.386. The molecule has 0 saturated carbocycles. The molecule has 3 N–H and O–H groups in total. The Balaban J connectivity index is 2.33. The smallest absolute Gasteiger partial charge is 0.331 e. The molecule has 0 atom stereocenters. The fourth-order valence-corrected chi connectivity index (χ4v) is 1.41. The van der Waals surface area contributed by atoms with E-state index in [-0.39, 0.29) is 17.4 Å². The molecule has 0 bridgehead atoms. The second-order valence-electron chi connectivity index (χ2n) is 3.56. The molecule has 2 aromatic rings. The third-order valence-corrected chi connectivity index (χ3v) is 2.33. The molecular weight excluding hydrogens is 252 g/mol. The van der Waals surface area contributed by atoms with Crippen LogP contribution in [0.3, 0.4) is 0 Å². The highest BCUT2D eigenvalue weighted by Gasteiger charge is 2.18. The van der Waals surface area contributed by atoms with Crippen LogP contribution in [-0.2, 0) is 6.54 Å². The first-order valence-electron chi connectivity index (χ1n) is 5.46. The zero-order valence-electron chi connectivity index (χ0n) is 10.1. The number of hydrogen-bond donors (Lipinski definition) is 2. The van der Waals surface area contributed by atoms with Crippen LogP contribution < -0.4 is 16.0 Å². The van der Waals surface area contributed by atoms with Crippen molar-refractivity contribution >= 4 is 11.5 Å². The summed E-state index contributed by atoms with van der Waals surface area (Å²) in [4.78, 5) is 14.2. The summed E-state index contributed by atoms with van der Waals surface area (Å²) in [5.41, 5.74) is 2.05. The molecule has 0 unspecified atom stereocenters. The summed E-state index contributed by atoms with van der Waals surface area (Å²) in [5.74, 6) is 5.70. The second kappa shape index (κ2) is 5.31. The van der Waals surface area contributed by atoms with Gasteiger partial charge in [0.2, 0.25) is 0 Å². The third kappa shape index (κ3) is 2.77. The largest absolute Gasteiger partial charge is 0.430 e. The maximum absolute atomic E-state index is 10.9. The molecule has 0 aliphatic carbocycles. The Morgan fingerprint density at radius 3 is 2.95 bits per heavy atom. The Morgan fingerprint density at radius 2 is 2.37 bits per heavy atom. The van der Waals surface area contributed by atoms with Gasteiger partial charge >= 0.3 is 11.6 Å². The average molecular weight is 264 g/mol. The van der Waals surface area contributed by atoms with E-state index in [0.717, 1.165) is 0 Å². The van der Waals surface area contributed by atoms with Crippen LogP contribution >= 0.6 is 0 Å². The van der Waals surface area contributed by atoms with Crippen LogP contribution in [0.4, 0.5) is 11.5 Å². The summed E-state index contributed by atoms with van der Waals surface area (Å²) in [6.45, 7) is 2.58. The number of nitro groups is 1. The highest BCUT2D eigenvalue weighted by molar-refractivity contribution is 5.49. The molecule has 0 aliphatic rings. The van der Waals surface area contributed by atoms with Crippen LogP contribution in [0.25, 0.3) is 0 Å². The number of nitrogens with zero attached hydrogens (tertiary/aromatic N) is 4. The van der Waals surface area contributed by atoms with Crippen LogP contribution in [0, 0.1) is 10.1 Å². The fraction of sp³-hybridized carbons (Fsp3) is 0.200. The van der Waals surface area contributed by atoms with Crippen molar-refractivity contribution in [3.05, 3.63) is 34.6 Å². The number of nitrogens with one attached hydrogen (secondary N) is 1. The third-order valence-electron chi connectivity index (χ3n) is 2.33. The van der Waals surface area contributed by atoms with Gasteiger partial charge in [0.1, 0.15) is 5.82 Å². The number of rotatable bonds is 5. The molecule has 2 rings (SSSR count). The van der Waals surface area contributed by atoms with Gasteiger partial charge in [0.25, 0.3) is 0 Å². The normalized spacial score (nSPS) is 10.2. The number of nitrogens with two attached hydrogens (primary N) is 1. The predicted molar refractivity (Wildman–Crippen MR) is 66.7 cm³/mol. The summed E-state index contributed by atoms with van der Waals surface area (Å²) in [5, 5.41) is 14.9. The SMILES string of the molecule is CCn1cc(Oc2nc(NN)ccc2[N+](=O)[O-])cn1. The van der Waals surface area contributed by atoms with E-state index in [4.69, 9.17) is 10.6 Å². The molecule has 0 saturated heterocycles. The Morgan fingerprint density at radius 1 is 1.58 bits per heavy atom. The molecule has 2 heterocycles. The molecule has 9 heteroatoms. The van der Waals surface area contributed by atoms with Gasteiger partial charge in [-0.1, -0.05) is 0 Å². The second-order valence-corrected chi connectivity index (χ2v) is 3.56. The van der Waals surface area contributed by atoms with Crippen LogP contribution in [0.15, 0.2) is 24.5 Å². The van der Waals surface area contributed by atoms with Crippen molar-refractivity contribution < 1.29 is 9.66 Å². The van der Waals surface area contributed by atoms with Gasteiger partial charge in [-0.05, 0) is 13.0 Å². The van der Waals surface area contributed by atoms with E-state index in [9.17, 15) is 10.1 Å². The summed E-state index contributed by atoms with van der Waals surface area (Å²) < 4.78 is 7.00. The van der Waals surface area contributed by atoms with Crippen molar-refractivity contribution in [1.82, 2.24) is 14.8 Å². The maximum Gasteiger partial charge on any atom is 0.331 e. The van der Waals surface area contributed by atoms with Crippen molar-refractivity contribution in [3.8, 4) is 11.6 Å². The van der Waals surface area contributed by atoms with E-state index in [1.165, 1.54) is 18.3 Å². The molecule has 0 spiro atoms. The first kappa shape index (κ1) is 12.8. The maximum atomic E-state index is 10.9. The number of aromatic nitrogens is 3. The van der Waals surface area contributed by atoms with Gasteiger partial charge in [-0.15, -0.1) is 0 Å². The Bertz CT molecular complexity index is 597. The van der Waals surface area contributed by atoms with Crippen LogP contribution in [0.5, 0.6) is 11.6 Å². The van der Waals surface area contributed by atoms with Gasteiger partial charge in [-0.3, -0.25) is 14.8 Å². The minimum Gasteiger partial charge on any atom is -0.430 e. The van der Waals surface area contributed by atoms with E-state index in [1.54, 1.807) is 10.9 Å². The van der Waals surface area contributed by atoms with Crippen molar-refractivity contribution in [2.75, 3.05) is 5.43 Å². The first-order chi connectivity index (χ1) is 9.13. The Hall–Kier alpha value is -2.68. The lowest BCUT2D eigenvalue weighted by Gasteiger charge is -2.05. The summed E-state index contributed by atoms with van der Waals surface area (Å²) in [6.07, 6.45) is 3.07. The van der Waals surface area contributed by atoms with E-state index < -0.39 is 4.92 Å². The van der Waals surface area contributed by atoms with Crippen LogP contribution in [0.2, 0.25) is 0 Å². The first-order valence-corrected chi connectivity index (χ1v) is 5.46. The molecule has 9 nitrogen and oxygen atoms in total. The molecular formula is C10H12N6O3. The molecule has 0 aliphatic heterocycles. The Labute approximate surface area is 108 Å². The number of nitrogen functional groups attached to an aromatic ring is 1. The van der Waals surface area contributed by atoms with Gasteiger partial charge in [0, 0.05) is 12.6 Å². The topological polar surface area (TPSA) is 121 Å². The molecule has 100 valence electrons. The average Bonchev–Trinajstić information content (AvgIpc) is 2.86. The van der Waals surface area contributed by atoms with E-state index >= 15 is 0 Å². The number of aryl methyl sites for hydroxylation is 1. The number of ether oxygens (including phenoxy) is 1. The molecule has 19 heavy (non-hydrogen) atoms. The zero-order chi connectivity index (χ0) is 13.8. The van der Waals surface area contributed by atoms with Gasteiger partial charge in [0.15, 0.2) is 5.75 Å². The highest BCUT2D eigenvalue weighted by Crippen LogP contribution is 2.30. The van der Waals surface area contributed by atoms with Gasteiger partial charge < -0.3 is 10.2 Å². The Kier molecular flexibility index (Phi) is 3.57. The van der Waals surface area contributed by atoms with Gasteiger partial charge in [-0.2, -0.15) is 10.1 Å².